The Kier molecular flexibility index (Phi) is 6.41. The summed E-state index contributed by atoms with van der Waals surface area (Å²) in [5.74, 6) is -0.409. The summed E-state index contributed by atoms with van der Waals surface area (Å²) in [7, 11) is -3.41. The lowest BCUT2D eigenvalue weighted by Crippen LogP contribution is -2.34. The molecular formula is C13H21FN2O2S. The molecule has 0 saturated heterocycles. The Bertz CT molecular complexity index is 491. The highest BCUT2D eigenvalue weighted by Gasteiger charge is 2.17. The molecule has 0 amide bonds. The molecule has 19 heavy (non-hydrogen) atoms. The maximum Gasteiger partial charge on any atom is 0.213 e. The van der Waals surface area contributed by atoms with E-state index in [4.69, 9.17) is 0 Å². The van der Waals surface area contributed by atoms with Crippen molar-refractivity contribution in [2.75, 3.05) is 18.8 Å². The van der Waals surface area contributed by atoms with Crippen molar-refractivity contribution < 1.29 is 12.8 Å². The maximum absolute atomic E-state index is 13.5. The van der Waals surface area contributed by atoms with Gasteiger partial charge in [0, 0.05) is 18.2 Å². The van der Waals surface area contributed by atoms with Gasteiger partial charge in [0.2, 0.25) is 10.0 Å². The van der Waals surface area contributed by atoms with Gasteiger partial charge >= 0.3 is 0 Å². The summed E-state index contributed by atoms with van der Waals surface area (Å²) in [6, 6.07) is 5.60. The SMILES string of the molecule is CCCNCCS(=O)(=O)NC(C)c1ccccc1F. The first-order chi connectivity index (χ1) is 8.96. The van der Waals surface area contributed by atoms with E-state index in [0.29, 0.717) is 12.1 Å². The second-order valence-electron chi connectivity index (χ2n) is 4.43. The molecule has 0 radical (unpaired) electrons. The summed E-state index contributed by atoms with van der Waals surface area (Å²) in [5, 5.41) is 3.02. The van der Waals surface area contributed by atoms with Gasteiger partial charge in [-0.15, -0.1) is 0 Å². The molecule has 0 aromatic heterocycles. The molecule has 0 bridgehead atoms. The largest absolute Gasteiger partial charge is 0.316 e. The zero-order valence-electron chi connectivity index (χ0n) is 11.3. The van der Waals surface area contributed by atoms with Crippen LogP contribution in [0.15, 0.2) is 24.3 Å². The Balaban J connectivity index is 2.56. The zero-order chi connectivity index (χ0) is 14.3. The molecule has 0 fully saturated rings. The fourth-order valence-corrected chi connectivity index (χ4v) is 2.92. The van der Waals surface area contributed by atoms with Crippen LogP contribution in [-0.2, 0) is 10.0 Å². The highest BCUT2D eigenvalue weighted by atomic mass is 32.2. The van der Waals surface area contributed by atoms with Crippen molar-refractivity contribution in [2.24, 2.45) is 0 Å². The van der Waals surface area contributed by atoms with Gasteiger partial charge in [-0.05, 0) is 26.0 Å². The normalized spacial score (nSPS) is 13.4. The lowest BCUT2D eigenvalue weighted by molar-refractivity contribution is 0.547. The molecule has 0 aliphatic heterocycles. The van der Waals surface area contributed by atoms with Gasteiger partial charge in [0.1, 0.15) is 5.82 Å². The average molecular weight is 288 g/mol. The summed E-state index contributed by atoms with van der Waals surface area (Å²) in [6.45, 7) is 4.83. The van der Waals surface area contributed by atoms with Crippen LogP contribution < -0.4 is 10.0 Å². The topological polar surface area (TPSA) is 58.2 Å². The summed E-state index contributed by atoms with van der Waals surface area (Å²) in [5.41, 5.74) is 0.354. The number of nitrogens with one attached hydrogen (secondary N) is 2. The molecule has 1 unspecified atom stereocenters. The monoisotopic (exact) mass is 288 g/mol. The van der Waals surface area contributed by atoms with Crippen LogP contribution >= 0.6 is 0 Å². The molecule has 1 aromatic rings. The third-order valence-electron chi connectivity index (χ3n) is 2.70. The number of hydrogen-bond donors (Lipinski definition) is 2. The van der Waals surface area contributed by atoms with E-state index in [1.165, 1.54) is 6.07 Å². The summed E-state index contributed by atoms with van der Waals surface area (Å²) >= 11 is 0. The van der Waals surface area contributed by atoms with Crippen molar-refractivity contribution >= 4 is 10.0 Å². The average Bonchev–Trinajstić information content (AvgIpc) is 2.34. The number of benzene rings is 1. The molecule has 0 aliphatic rings. The molecular weight excluding hydrogens is 267 g/mol. The molecule has 6 heteroatoms. The Morgan fingerprint density at radius 2 is 1.95 bits per heavy atom. The third kappa shape index (κ3) is 5.67. The lowest BCUT2D eigenvalue weighted by Gasteiger charge is -2.15. The van der Waals surface area contributed by atoms with Crippen LogP contribution in [0.1, 0.15) is 31.9 Å². The van der Waals surface area contributed by atoms with Gasteiger partial charge in [-0.2, -0.15) is 0 Å². The highest BCUT2D eigenvalue weighted by Crippen LogP contribution is 2.16. The molecule has 1 aromatic carbocycles. The quantitative estimate of drug-likeness (QED) is 0.717. The molecule has 1 rings (SSSR count). The molecule has 1 atom stereocenters. The molecule has 2 N–H and O–H groups in total. The van der Waals surface area contributed by atoms with Crippen LogP contribution in [0.5, 0.6) is 0 Å². The van der Waals surface area contributed by atoms with Crippen LogP contribution in [0.4, 0.5) is 4.39 Å². The molecule has 0 aliphatic carbocycles. The molecule has 4 nitrogen and oxygen atoms in total. The number of hydrogen-bond acceptors (Lipinski definition) is 3. The number of sulfonamides is 1. The Morgan fingerprint density at radius 1 is 1.26 bits per heavy atom. The fraction of sp³-hybridized carbons (Fsp3) is 0.538. The van der Waals surface area contributed by atoms with Gasteiger partial charge in [0.25, 0.3) is 0 Å². The van der Waals surface area contributed by atoms with Gasteiger partial charge in [0.15, 0.2) is 0 Å². The van der Waals surface area contributed by atoms with Gasteiger partial charge in [0.05, 0.1) is 5.75 Å². The van der Waals surface area contributed by atoms with Crippen LogP contribution in [-0.4, -0.2) is 27.3 Å². The van der Waals surface area contributed by atoms with E-state index >= 15 is 0 Å². The second kappa shape index (κ2) is 7.57. The van der Waals surface area contributed by atoms with Gasteiger partial charge in [-0.25, -0.2) is 17.5 Å². The molecule has 0 heterocycles. The first kappa shape index (κ1) is 16.1. The van der Waals surface area contributed by atoms with E-state index in [1.54, 1.807) is 25.1 Å². The van der Waals surface area contributed by atoms with Crippen molar-refractivity contribution in [1.82, 2.24) is 10.0 Å². The van der Waals surface area contributed by atoms with E-state index in [9.17, 15) is 12.8 Å². The Labute approximate surface area is 114 Å². The van der Waals surface area contributed by atoms with Gasteiger partial charge in [-0.1, -0.05) is 25.1 Å². The summed E-state index contributed by atoms with van der Waals surface area (Å²) in [6.07, 6.45) is 0.957. The summed E-state index contributed by atoms with van der Waals surface area (Å²) in [4.78, 5) is 0. The first-order valence-corrected chi connectivity index (χ1v) is 8.06. The molecule has 0 spiro atoms. The fourth-order valence-electron chi connectivity index (χ4n) is 1.73. The van der Waals surface area contributed by atoms with Crippen LogP contribution in [0, 0.1) is 5.82 Å². The Hall–Kier alpha value is -0.980. The molecule has 108 valence electrons. The first-order valence-electron chi connectivity index (χ1n) is 6.41. The van der Waals surface area contributed by atoms with E-state index in [-0.39, 0.29) is 5.75 Å². The minimum Gasteiger partial charge on any atom is -0.316 e. The van der Waals surface area contributed by atoms with E-state index in [0.717, 1.165) is 13.0 Å². The van der Waals surface area contributed by atoms with Gasteiger partial charge in [-0.3, -0.25) is 0 Å². The maximum atomic E-state index is 13.5. The van der Waals surface area contributed by atoms with Crippen molar-refractivity contribution in [3.05, 3.63) is 35.6 Å². The summed E-state index contributed by atoms with van der Waals surface area (Å²) < 4.78 is 39.6. The smallest absolute Gasteiger partial charge is 0.213 e. The Morgan fingerprint density at radius 3 is 2.58 bits per heavy atom. The second-order valence-corrected chi connectivity index (χ2v) is 6.30. The van der Waals surface area contributed by atoms with Crippen molar-refractivity contribution in [3.63, 3.8) is 0 Å². The minimum absolute atomic E-state index is 0.00814. The van der Waals surface area contributed by atoms with Crippen molar-refractivity contribution in [1.29, 1.82) is 0 Å². The van der Waals surface area contributed by atoms with Crippen LogP contribution in [0.3, 0.4) is 0 Å². The molecule has 0 saturated carbocycles. The number of halogens is 1. The predicted molar refractivity (Wildman–Crippen MR) is 74.9 cm³/mol. The standard InChI is InChI=1S/C13H21FN2O2S/c1-3-8-15-9-10-19(17,18)16-11(2)12-6-4-5-7-13(12)14/h4-7,11,15-16H,3,8-10H2,1-2H3. The zero-order valence-corrected chi connectivity index (χ0v) is 12.1. The van der Waals surface area contributed by atoms with Gasteiger partial charge < -0.3 is 5.32 Å². The van der Waals surface area contributed by atoms with E-state index in [2.05, 4.69) is 10.0 Å². The predicted octanol–water partition coefficient (Wildman–Crippen LogP) is 1.81. The van der Waals surface area contributed by atoms with E-state index < -0.39 is 21.9 Å². The lowest BCUT2D eigenvalue weighted by atomic mass is 10.1. The van der Waals surface area contributed by atoms with Crippen LogP contribution in [0.25, 0.3) is 0 Å². The van der Waals surface area contributed by atoms with Crippen molar-refractivity contribution in [3.8, 4) is 0 Å². The van der Waals surface area contributed by atoms with Crippen LogP contribution in [0.2, 0.25) is 0 Å². The van der Waals surface area contributed by atoms with E-state index in [1.807, 2.05) is 6.92 Å². The minimum atomic E-state index is -3.41. The van der Waals surface area contributed by atoms with Crippen molar-refractivity contribution in [2.45, 2.75) is 26.3 Å². The third-order valence-corrected chi connectivity index (χ3v) is 4.16. The highest BCUT2D eigenvalue weighted by molar-refractivity contribution is 7.89. The number of rotatable bonds is 8.